The molecule has 1 heterocycles. The van der Waals surface area contributed by atoms with Crippen molar-refractivity contribution in [3.63, 3.8) is 0 Å². The molecule has 0 saturated carbocycles. The summed E-state index contributed by atoms with van der Waals surface area (Å²) in [5, 5.41) is 2.19. The van der Waals surface area contributed by atoms with Crippen molar-refractivity contribution in [1.29, 1.82) is 0 Å². The average Bonchev–Trinajstić information content (AvgIpc) is 2.47. The van der Waals surface area contributed by atoms with Crippen LogP contribution in [-0.2, 0) is 4.79 Å². The number of rotatable bonds is 3. The zero-order chi connectivity index (χ0) is 15.0. The van der Waals surface area contributed by atoms with Crippen LogP contribution >= 0.6 is 0 Å². The van der Waals surface area contributed by atoms with Crippen LogP contribution in [0.1, 0.15) is 5.56 Å². The van der Waals surface area contributed by atoms with E-state index < -0.39 is 11.5 Å². The molecular weight excluding hydrogens is 270 g/mol. The zero-order valence-electron chi connectivity index (χ0n) is 11.4. The molecule has 0 bridgehead atoms. The predicted octanol–water partition coefficient (Wildman–Crippen LogP) is 2.12. The Kier molecular flexibility index (Phi) is 3.10. The Morgan fingerprint density at radius 2 is 1.86 bits per heavy atom. The first-order valence-electron chi connectivity index (χ1n) is 6.44. The molecule has 0 unspecified atom stereocenters. The van der Waals surface area contributed by atoms with Crippen LogP contribution in [0.5, 0.6) is 5.75 Å². The highest BCUT2D eigenvalue weighted by molar-refractivity contribution is 6.05. The van der Waals surface area contributed by atoms with Crippen LogP contribution in [0, 0.1) is 6.92 Å². The molecule has 1 aromatic heterocycles. The van der Waals surface area contributed by atoms with Gasteiger partial charge in [0.25, 0.3) is 5.91 Å². The van der Waals surface area contributed by atoms with E-state index in [-0.39, 0.29) is 6.61 Å². The number of hydrogen-bond donors (Lipinski definition) is 1. The summed E-state index contributed by atoms with van der Waals surface area (Å²) in [6.45, 7) is 1.56. The molecule has 0 aliphatic carbocycles. The van der Waals surface area contributed by atoms with Gasteiger partial charge < -0.3 is 14.9 Å². The molecular formula is C16H13NO4. The van der Waals surface area contributed by atoms with Gasteiger partial charge in [0, 0.05) is 10.9 Å². The Labute approximate surface area is 119 Å². The van der Waals surface area contributed by atoms with Gasteiger partial charge in [0.05, 0.1) is 5.39 Å². The highest BCUT2D eigenvalue weighted by Crippen LogP contribution is 2.30. The van der Waals surface area contributed by atoms with Crippen molar-refractivity contribution in [2.45, 2.75) is 6.92 Å². The molecule has 0 radical (unpaired) electrons. The van der Waals surface area contributed by atoms with Crippen LogP contribution < -0.4 is 16.1 Å². The second kappa shape index (κ2) is 4.94. The third-order valence-electron chi connectivity index (χ3n) is 3.36. The van der Waals surface area contributed by atoms with Crippen molar-refractivity contribution in [3.05, 3.63) is 52.4 Å². The molecule has 5 nitrogen and oxygen atoms in total. The van der Waals surface area contributed by atoms with Crippen molar-refractivity contribution in [3.8, 4) is 5.75 Å². The van der Waals surface area contributed by atoms with E-state index in [4.69, 9.17) is 14.9 Å². The fraction of sp³-hybridized carbons (Fsp3) is 0.125. The normalized spacial score (nSPS) is 10.9. The van der Waals surface area contributed by atoms with E-state index in [9.17, 15) is 9.59 Å². The Balaban J connectivity index is 2.27. The third kappa shape index (κ3) is 2.23. The number of hydrogen-bond acceptors (Lipinski definition) is 4. The van der Waals surface area contributed by atoms with Crippen LogP contribution in [0.25, 0.3) is 21.7 Å². The number of amides is 1. The number of aryl methyl sites for hydroxylation is 1. The van der Waals surface area contributed by atoms with E-state index in [0.717, 1.165) is 10.8 Å². The highest BCUT2D eigenvalue weighted by atomic mass is 16.5. The lowest BCUT2D eigenvalue weighted by molar-refractivity contribution is -0.119. The smallest absolute Gasteiger partial charge is 0.344 e. The fourth-order valence-corrected chi connectivity index (χ4v) is 2.37. The number of carbonyl (C=O) groups excluding carboxylic acids is 1. The first kappa shape index (κ1) is 13.2. The van der Waals surface area contributed by atoms with Gasteiger partial charge in [0.2, 0.25) is 0 Å². The average molecular weight is 283 g/mol. The zero-order valence-corrected chi connectivity index (χ0v) is 11.4. The molecule has 0 aliphatic heterocycles. The SMILES string of the molecule is Cc1c(OCC(N)=O)ccc2c1oc(=O)c1ccccc12. The molecule has 0 fully saturated rings. The minimum Gasteiger partial charge on any atom is -0.483 e. The Bertz CT molecular complexity index is 911. The van der Waals surface area contributed by atoms with Gasteiger partial charge in [-0.05, 0) is 30.5 Å². The minimum atomic E-state index is -0.561. The summed E-state index contributed by atoms with van der Waals surface area (Å²) in [6, 6.07) is 10.8. The van der Waals surface area contributed by atoms with Gasteiger partial charge in [-0.2, -0.15) is 0 Å². The highest BCUT2D eigenvalue weighted by Gasteiger charge is 2.12. The standard InChI is InChI=1S/C16H13NO4/c1-9-13(20-8-14(17)18)7-6-11-10-4-2-3-5-12(10)16(19)21-15(9)11/h2-7H,8H2,1H3,(H2,17,18). The summed E-state index contributed by atoms with van der Waals surface area (Å²) in [5.41, 5.74) is 5.79. The summed E-state index contributed by atoms with van der Waals surface area (Å²) < 4.78 is 10.7. The van der Waals surface area contributed by atoms with Gasteiger partial charge in [0.1, 0.15) is 11.3 Å². The van der Waals surface area contributed by atoms with E-state index in [1.165, 1.54) is 0 Å². The van der Waals surface area contributed by atoms with E-state index in [1.54, 1.807) is 25.1 Å². The molecule has 0 atom stereocenters. The van der Waals surface area contributed by atoms with Crippen molar-refractivity contribution in [1.82, 2.24) is 0 Å². The maximum absolute atomic E-state index is 12.0. The minimum absolute atomic E-state index is 0.218. The second-order valence-corrected chi connectivity index (χ2v) is 4.76. The lowest BCUT2D eigenvalue weighted by Crippen LogP contribution is -2.20. The molecule has 2 aromatic carbocycles. The van der Waals surface area contributed by atoms with Gasteiger partial charge >= 0.3 is 5.63 Å². The van der Waals surface area contributed by atoms with E-state index in [0.29, 0.717) is 22.3 Å². The van der Waals surface area contributed by atoms with E-state index >= 15 is 0 Å². The molecule has 21 heavy (non-hydrogen) atoms. The van der Waals surface area contributed by atoms with Gasteiger partial charge in [-0.3, -0.25) is 4.79 Å². The van der Waals surface area contributed by atoms with Crippen molar-refractivity contribution < 1.29 is 13.9 Å². The maximum atomic E-state index is 12.0. The monoisotopic (exact) mass is 283 g/mol. The lowest BCUT2D eigenvalue weighted by Gasteiger charge is -2.10. The van der Waals surface area contributed by atoms with Gasteiger partial charge in [-0.15, -0.1) is 0 Å². The predicted molar refractivity (Wildman–Crippen MR) is 79.4 cm³/mol. The van der Waals surface area contributed by atoms with Crippen LogP contribution in [0.4, 0.5) is 0 Å². The number of benzene rings is 2. The number of fused-ring (bicyclic) bond motifs is 3. The molecule has 0 spiro atoms. The quantitative estimate of drug-likeness (QED) is 0.589. The van der Waals surface area contributed by atoms with Crippen molar-refractivity contribution >= 4 is 27.6 Å². The molecule has 3 rings (SSSR count). The lowest BCUT2D eigenvalue weighted by atomic mass is 10.0. The van der Waals surface area contributed by atoms with Crippen molar-refractivity contribution in [2.75, 3.05) is 6.61 Å². The third-order valence-corrected chi connectivity index (χ3v) is 3.36. The topological polar surface area (TPSA) is 82.5 Å². The molecule has 106 valence electrons. The molecule has 1 amide bonds. The Morgan fingerprint density at radius 3 is 2.57 bits per heavy atom. The Hall–Kier alpha value is -2.82. The fourth-order valence-electron chi connectivity index (χ4n) is 2.37. The number of carbonyl (C=O) groups is 1. The largest absolute Gasteiger partial charge is 0.483 e. The van der Waals surface area contributed by atoms with Crippen LogP contribution in [0.2, 0.25) is 0 Å². The summed E-state index contributed by atoms with van der Waals surface area (Å²) in [5.74, 6) is -0.0887. The summed E-state index contributed by atoms with van der Waals surface area (Å²) in [6.07, 6.45) is 0. The van der Waals surface area contributed by atoms with Crippen molar-refractivity contribution in [2.24, 2.45) is 5.73 Å². The van der Waals surface area contributed by atoms with E-state index in [1.807, 2.05) is 18.2 Å². The van der Waals surface area contributed by atoms with Gasteiger partial charge in [-0.1, -0.05) is 18.2 Å². The first-order valence-corrected chi connectivity index (χ1v) is 6.44. The number of primary amides is 1. The molecule has 5 heteroatoms. The van der Waals surface area contributed by atoms with E-state index in [2.05, 4.69) is 0 Å². The van der Waals surface area contributed by atoms with Crippen LogP contribution in [0.3, 0.4) is 0 Å². The summed E-state index contributed by atoms with van der Waals surface area (Å²) >= 11 is 0. The summed E-state index contributed by atoms with van der Waals surface area (Å²) in [7, 11) is 0. The van der Waals surface area contributed by atoms with Crippen LogP contribution in [-0.4, -0.2) is 12.5 Å². The first-order chi connectivity index (χ1) is 10.1. The summed E-state index contributed by atoms with van der Waals surface area (Å²) in [4.78, 5) is 22.8. The number of nitrogens with two attached hydrogens (primary N) is 1. The molecule has 0 aliphatic rings. The molecule has 0 saturated heterocycles. The molecule has 3 aromatic rings. The van der Waals surface area contributed by atoms with Crippen LogP contribution in [0.15, 0.2) is 45.6 Å². The molecule has 2 N–H and O–H groups in total. The Morgan fingerprint density at radius 1 is 1.14 bits per heavy atom. The maximum Gasteiger partial charge on any atom is 0.344 e. The second-order valence-electron chi connectivity index (χ2n) is 4.76. The van der Waals surface area contributed by atoms with Gasteiger partial charge in [-0.25, -0.2) is 4.79 Å². The number of ether oxygens (including phenoxy) is 1. The van der Waals surface area contributed by atoms with Gasteiger partial charge in [0.15, 0.2) is 6.61 Å².